The first kappa shape index (κ1) is 14.9. The molecule has 3 nitrogen and oxygen atoms in total. The first-order valence-electron chi connectivity index (χ1n) is 7.48. The van der Waals surface area contributed by atoms with Gasteiger partial charge in [0, 0.05) is 20.1 Å². The van der Waals surface area contributed by atoms with Crippen LogP contribution in [-0.4, -0.2) is 29.0 Å². The molecule has 1 aromatic carbocycles. The van der Waals surface area contributed by atoms with Crippen molar-refractivity contribution in [2.45, 2.75) is 20.4 Å². The van der Waals surface area contributed by atoms with Crippen LogP contribution in [0.5, 0.6) is 0 Å². The largest absolute Gasteiger partial charge is 0.341 e. The second-order valence-electron chi connectivity index (χ2n) is 5.59. The lowest BCUT2D eigenvalue weighted by Crippen LogP contribution is -2.28. The molecule has 0 radical (unpaired) electrons. The van der Waals surface area contributed by atoms with Gasteiger partial charge < -0.3 is 9.47 Å². The Morgan fingerprint density at radius 2 is 2.09 bits per heavy atom. The van der Waals surface area contributed by atoms with Crippen LogP contribution in [0.1, 0.15) is 28.5 Å². The summed E-state index contributed by atoms with van der Waals surface area (Å²) in [6, 6.07) is 12.6. The average Bonchev–Trinajstić information content (AvgIpc) is 3.08. The molecule has 0 N–H and O–H groups in total. The Morgan fingerprint density at radius 1 is 1.27 bits per heavy atom. The molecule has 0 spiro atoms. The van der Waals surface area contributed by atoms with Crippen LogP contribution in [0, 0.1) is 6.92 Å². The van der Waals surface area contributed by atoms with E-state index in [0.29, 0.717) is 6.54 Å². The van der Waals surface area contributed by atoms with Crippen molar-refractivity contribution in [2.24, 2.45) is 0 Å². The fourth-order valence-electron chi connectivity index (χ4n) is 2.66. The summed E-state index contributed by atoms with van der Waals surface area (Å²) in [6.07, 6.45) is 0. The van der Waals surface area contributed by atoms with Crippen molar-refractivity contribution >= 4 is 27.5 Å². The number of aryl methyl sites for hydroxylation is 1. The monoisotopic (exact) mass is 312 g/mol. The van der Waals surface area contributed by atoms with Crippen LogP contribution in [0.4, 0.5) is 0 Å². The van der Waals surface area contributed by atoms with Gasteiger partial charge in [0.2, 0.25) is 0 Å². The molecule has 0 aliphatic rings. The van der Waals surface area contributed by atoms with Gasteiger partial charge in [-0.1, -0.05) is 29.8 Å². The van der Waals surface area contributed by atoms with Crippen molar-refractivity contribution in [3.05, 3.63) is 58.6 Å². The molecule has 3 rings (SSSR count). The number of hydrogen-bond acceptors (Lipinski definition) is 2. The number of benzene rings is 1. The third-order valence-electron chi connectivity index (χ3n) is 3.99. The first-order chi connectivity index (χ1) is 10.6. The quantitative estimate of drug-likeness (QED) is 0.710. The van der Waals surface area contributed by atoms with Gasteiger partial charge in [-0.25, -0.2) is 0 Å². The highest BCUT2D eigenvalue weighted by Gasteiger charge is 2.19. The number of fused-ring (bicyclic) bond motifs is 1. The van der Waals surface area contributed by atoms with E-state index in [-0.39, 0.29) is 5.91 Å². The summed E-state index contributed by atoms with van der Waals surface area (Å²) in [4.78, 5) is 14.4. The summed E-state index contributed by atoms with van der Waals surface area (Å²) in [5, 5.41) is 2.08. The SMILES string of the molecule is CCN(C)C(=O)c1cc2sccc2n1Cc1cccc(C)c1. The van der Waals surface area contributed by atoms with Crippen LogP contribution in [0.2, 0.25) is 0 Å². The number of rotatable bonds is 4. The summed E-state index contributed by atoms with van der Waals surface area (Å²) < 4.78 is 3.30. The van der Waals surface area contributed by atoms with Gasteiger partial charge in [0.1, 0.15) is 5.69 Å². The number of carbonyl (C=O) groups excluding carboxylic acids is 1. The molecule has 0 aliphatic carbocycles. The second kappa shape index (κ2) is 5.97. The number of aromatic nitrogens is 1. The Hall–Kier alpha value is -2.07. The summed E-state index contributed by atoms with van der Waals surface area (Å²) in [6.45, 7) is 5.52. The van der Waals surface area contributed by atoms with E-state index < -0.39 is 0 Å². The highest BCUT2D eigenvalue weighted by atomic mass is 32.1. The Labute approximate surface area is 134 Å². The topological polar surface area (TPSA) is 25.2 Å². The highest BCUT2D eigenvalue weighted by molar-refractivity contribution is 7.17. The van der Waals surface area contributed by atoms with E-state index in [1.807, 2.05) is 20.0 Å². The van der Waals surface area contributed by atoms with Gasteiger partial charge in [-0.15, -0.1) is 11.3 Å². The van der Waals surface area contributed by atoms with E-state index in [1.165, 1.54) is 15.8 Å². The molecule has 0 aliphatic heterocycles. The number of carbonyl (C=O) groups is 1. The van der Waals surface area contributed by atoms with Gasteiger partial charge in [-0.3, -0.25) is 4.79 Å². The van der Waals surface area contributed by atoms with Crippen LogP contribution in [0.15, 0.2) is 41.8 Å². The fourth-order valence-corrected chi connectivity index (χ4v) is 3.48. The first-order valence-corrected chi connectivity index (χ1v) is 8.36. The van der Waals surface area contributed by atoms with Gasteiger partial charge in [0.15, 0.2) is 0 Å². The predicted octanol–water partition coefficient (Wildman–Crippen LogP) is 4.15. The van der Waals surface area contributed by atoms with Gasteiger partial charge in [0.05, 0.1) is 10.2 Å². The Balaban J connectivity index is 2.06. The van der Waals surface area contributed by atoms with Crippen molar-refractivity contribution in [3.8, 4) is 0 Å². The van der Waals surface area contributed by atoms with E-state index >= 15 is 0 Å². The number of nitrogens with zero attached hydrogens (tertiary/aromatic N) is 2. The van der Waals surface area contributed by atoms with Crippen molar-refractivity contribution in [3.63, 3.8) is 0 Å². The molecule has 22 heavy (non-hydrogen) atoms. The average molecular weight is 312 g/mol. The van der Waals surface area contributed by atoms with Crippen molar-refractivity contribution in [2.75, 3.05) is 13.6 Å². The smallest absolute Gasteiger partial charge is 0.270 e. The lowest BCUT2D eigenvalue weighted by atomic mass is 10.1. The Morgan fingerprint density at radius 3 is 2.82 bits per heavy atom. The van der Waals surface area contributed by atoms with Crippen LogP contribution in [0.3, 0.4) is 0 Å². The normalized spacial score (nSPS) is 11.0. The van der Waals surface area contributed by atoms with E-state index in [9.17, 15) is 4.79 Å². The maximum atomic E-state index is 12.6. The molecule has 0 saturated carbocycles. The summed E-state index contributed by atoms with van der Waals surface area (Å²) in [5.74, 6) is 0.0820. The standard InChI is InChI=1S/C18H20N2OS/c1-4-19(3)18(21)16-11-17-15(8-9-22-17)20(16)12-14-7-5-6-13(2)10-14/h5-11H,4,12H2,1-3H3. The minimum absolute atomic E-state index is 0.0820. The number of hydrogen-bond donors (Lipinski definition) is 0. The van der Waals surface area contributed by atoms with Crippen LogP contribution >= 0.6 is 11.3 Å². The lowest BCUT2D eigenvalue weighted by molar-refractivity contribution is 0.0793. The third kappa shape index (κ3) is 2.66. The van der Waals surface area contributed by atoms with Crippen molar-refractivity contribution in [1.82, 2.24) is 9.47 Å². The maximum absolute atomic E-state index is 12.6. The summed E-state index contributed by atoms with van der Waals surface area (Å²) >= 11 is 1.68. The number of amides is 1. The molecular weight excluding hydrogens is 292 g/mol. The molecular formula is C18H20N2OS. The van der Waals surface area contributed by atoms with Crippen LogP contribution < -0.4 is 0 Å². The van der Waals surface area contributed by atoms with E-state index in [0.717, 1.165) is 17.8 Å². The van der Waals surface area contributed by atoms with Gasteiger partial charge in [0.25, 0.3) is 5.91 Å². The second-order valence-corrected chi connectivity index (χ2v) is 6.54. The molecule has 1 amide bonds. The minimum atomic E-state index is 0.0820. The molecule has 0 saturated heterocycles. The van der Waals surface area contributed by atoms with Gasteiger partial charge in [-0.2, -0.15) is 0 Å². The zero-order valence-corrected chi connectivity index (χ0v) is 14.0. The van der Waals surface area contributed by atoms with Crippen molar-refractivity contribution < 1.29 is 4.79 Å². The van der Waals surface area contributed by atoms with Crippen LogP contribution in [-0.2, 0) is 6.54 Å². The molecule has 0 unspecified atom stereocenters. The van der Waals surface area contributed by atoms with Gasteiger partial charge in [-0.05, 0) is 36.9 Å². The van der Waals surface area contributed by atoms with Crippen molar-refractivity contribution in [1.29, 1.82) is 0 Å². The molecule has 3 aromatic rings. The Kier molecular flexibility index (Phi) is 4.03. The van der Waals surface area contributed by atoms with Gasteiger partial charge >= 0.3 is 0 Å². The Bertz CT molecular complexity index is 815. The van der Waals surface area contributed by atoms with Crippen LogP contribution in [0.25, 0.3) is 10.2 Å². The predicted molar refractivity (Wildman–Crippen MR) is 92.7 cm³/mol. The number of thiophene rings is 1. The minimum Gasteiger partial charge on any atom is -0.341 e. The molecule has 0 atom stereocenters. The summed E-state index contributed by atoms with van der Waals surface area (Å²) in [7, 11) is 1.85. The fraction of sp³-hybridized carbons (Fsp3) is 0.278. The highest BCUT2D eigenvalue weighted by Crippen LogP contribution is 2.27. The molecule has 4 heteroatoms. The van der Waals surface area contributed by atoms with E-state index in [1.54, 1.807) is 16.2 Å². The van der Waals surface area contributed by atoms with E-state index in [4.69, 9.17) is 0 Å². The summed E-state index contributed by atoms with van der Waals surface area (Å²) in [5.41, 5.74) is 4.37. The van der Waals surface area contributed by atoms with E-state index in [2.05, 4.69) is 47.2 Å². The zero-order valence-electron chi connectivity index (χ0n) is 13.2. The molecule has 2 heterocycles. The molecule has 114 valence electrons. The zero-order chi connectivity index (χ0) is 15.7. The molecule has 0 bridgehead atoms. The lowest BCUT2D eigenvalue weighted by Gasteiger charge is -2.17. The third-order valence-corrected chi connectivity index (χ3v) is 4.84. The molecule has 0 fully saturated rings. The maximum Gasteiger partial charge on any atom is 0.270 e. The molecule has 2 aromatic heterocycles.